The Balaban J connectivity index is 1.54. The molecular formula is C22H24N4O2. The largest absolute Gasteiger partial charge is 0.497 e. The average molecular weight is 376 g/mol. The number of carbonyl (C=O) groups is 1. The van der Waals surface area contributed by atoms with Crippen LogP contribution in [0.2, 0.25) is 0 Å². The second kappa shape index (κ2) is 7.46. The summed E-state index contributed by atoms with van der Waals surface area (Å²) >= 11 is 0. The van der Waals surface area contributed by atoms with Crippen LogP contribution < -0.4 is 4.74 Å². The summed E-state index contributed by atoms with van der Waals surface area (Å²) in [7, 11) is 3.52. The third-order valence-corrected chi connectivity index (χ3v) is 5.22. The highest BCUT2D eigenvalue weighted by Crippen LogP contribution is 2.30. The Hall–Kier alpha value is -3.15. The van der Waals surface area contributed by atoms with Gasteiger partial charge < -0.3 is 9.64 Å². The molecule has 0 bridgehead atoms. The first kappa shape index (κ1) is 18.2. The van der Waals surface area contributed by atoms with E-state index in [9.17, 15) is 4.79 Å². The number of rotatable bonds is 4. The third-order valence-electron chi connectivity index (χ3n) is 5.22. The Labute approximate surface area is 164 Å². The zero-order chi connectivity index (χ0) is 19.7. The van der Waals surface area contributed by atoms with Gasteiger partial charge in [0.2, 0.25) is 0 Å². The summed E-state index contributed by atoms with van der Waals surface area (Å²) in [6.07, 6.45) is 4.79. The number of hydrogen-bond acceptors (Lipinski definition) is 4. The van der Waals surface area contributed by atoms with Crippen LogP contribution in [0.3, 0.4) is 0 Å². The van der Waals surface area contributed by atoms with Gasteiger partial charge in [0.05, 0.1) is 13.3 Å². The molecule has 0 spiro atoms. The lowest BCUT2D eigenvalue weighted by atomic mass is 10.00. The monoisotopic (exact) mass is 376 g/mol. The average Bonchev–Trinajstić information content (AvgIpc) is 3.36. The van der Waals surface area contributed by atoms with Crippen LogP contribution in [0.5, 0.6) is 5.75 Å². The fourth-order valence-corrected chi connectivity index (χ4v) is 3.77. The van der Waals surface area contributed by atoms with Crippen molar-refractivity contribution in [2.75, 3.05) is 20.2 Å². The molecule has 0 saturated carbocycles. The topological polar surface area (TPSA) is 60.2 Å². The van der Waals surface area contributed by atoms with Crippen LogP contribution in [0, 0.1) is 6.92 Å². The van der Waals surface area contributed by atoms with Gasteiger partial charge in [-0.05, 0) is 49.2 Å². The number of aromatic nitrogens is 3. The van der Waals surface area contributed by atoms with Gasteiger partial charge in [0.1, 0.15) is 5.75 Å². The molecule has 6 heteroatoms. The van der Waals surface area contributed by atoms with Gasteiger partial charge in [-0.25, -0.2) is 0 Å². The van der Waals surface area contributed by atoms with Crippen molar-refractivity contribution in [2.45, 2.75) is 19.3 Å². The summed E-state index contributed by atoms with van der Waals surface area (Å²) in [4.78, 5) is 19.6. The van der Waals surface area contributed by atoms with Gasteiger partial charge in [-0.15, -0.1) is 0 Å². The number of benzene rings is 1. The van der Waals surface area contributed by atoms with Crippen molar-refractivity contribution < 1.29 is 9.53 Å². The van der Waals surface area contributed by atoms with Crippen molar-refractivity contribution in [3.63, 3.8) is 0 Å². The molecule has 0 radical (unpaired) electrons. The van der Waals surface area contributed by atoms with E-state index in [0.29, 0.717) is 17.9 Å². The number of amides is 1. The van der Waals surface area contributed by atoms with Crippen molar-refractivity contribution in [3.8, 4) is 16.9 Å². The van der Waals surface area contributed by atoms with Crippen LogP contribution in [0.1, 0.15) is 34.1 Å². The van der Waals surface area contributed by atoms with Crippen LogP contribution >= 0.6 is 0 Å². The number of hydrogen-bond donors (Lipinski definition) is 0. The molecule has 1 saturated heterocycles. The van der Waals surface area contributed by atoms with Crippen molar-refractivity contribution in [3.05, 3.63) is 65.7 Å². The Bertz CT molecular complexity index is 1010. The first-order chi connectivity index (χ1) is 13.5. The number of nitrogens with zero attached hydrogens (tertiary/aromatic N) is 4. The smallest absolute Gasteiger partial charge is 0.254 e. The first-order valence-corrected chi connectivity index (χ1v) is 9.44. The standard InChI is InChI=1S/C22H24N4O2/c1-15-9-18(19-12-23-25(2)13-19)11-21(24-15)17-7-8-26(14-17)22(27)16-5-4-6-20(10-16)28-3/h4-6,9-13,17H,7-8,14H2,1-3H3. The fraction of sp³-hybridized carbons (Fsp3) is 0.318. The fourth-order valence-electron chi connectivity index (χ4n) is 3.77. The Kier molecular flexibility index (Phi) is 4.86. The summed E-state index contributed by atoms with van der Waals surface area (Å²) in [5, 5.41) is 4.27. The second-order valence-corrected chi connectivity index (χ2v) is 7.29. The number of carbonyl (C=O) groups excluding carboxylic acids is 1. The normalized spacial score (nSPS) is 16.4. The molecule has 6 nitrogen and oxygen atoms in total. The minimum absolute atomic E-state index is 0.0431. The van der Waals surface area contributed by atoms with E-state index in [-0.39, 0.29) is 11.8 Å². The van der Waals surface area contributed by atoms with Crippen LogP contribution in [0.4, 0.5) is 0 Å². The van der Waals surface area contributed by atoms with Crippen molar-refractivity contribution >= 4 is 5.91 Å². The number of aryl methyl sites for hydroxylation is 2. The third kappa shape index (κ3) is 3.63. The molecule has 0 N–H and O–H groups in total. The molecule has 144 valence electrons. The van der Waals surface area contributed by atoms with E-state index < -0.39 is 0 Å². The van der Waals surface area contributed by atoms with Gasteiger partial charge >= 0.3 is 0 Å². The minimum atomic E-state index is 0.0431. The highest BCUT2D eigenvalue weighted by Gasteiger charge is 2.29. The summed E-state index contributed by atoms with van der Waals surface area (Å²) < 4.78 is 7.04. The molecule has 3 aromatic rings. The highest BCUT2D eigenvalue weighted by molar-refractivity contribution is 5.94. The van der Waals surface area contributed by atoms with Gasteiger partial charge in [-0.1, -0.05) is 6.07 Å². The van der Waals surface area contributed by atoms with E-state index in [1.807, 2.05) is 49.5 Å². The van der Waals surface area contributed by atoms with Gasteiger partial charge in [0.25, 0.3) is 5.91 Å². The molecule has 1 fully saturated rings. The Morgan fingerprint density at radius 1 is 1.21 bits per heavy atom. The molecule has 1 unspecified atom stereocenters. The molecule has 28 heavy (non-hydrogen) atoms. The lowest BCUT2D eigenvalue weighted by Crippen LogP contribution is -2.28. The highest BCUT2D eigenvalue weighted by atomic mass is 16.5. The minimum Gasteiger partial charge on any atom is -0.497 e. The lowest BCUT2D eigenvalue weighted by Gasteiger charge is -2.17. The molecular weight excluding hydrogens is 352 g/mol. The molecule has 4 rings (SSSR count). The lowest BCUT2D eigenvalue weighted by molar-refractivity contribution is 0.0790. The van der Waals surface area contributed by atoms with E-state index in [1.54, 1.807) is 17.9 Å². The predicted molar refractivity (Wildman–Crippen MR) is 107 cm³/mol. The van der Waals surface area contributed by atoms with Crippen molar-refractivity contribution in [2.24, 2.45) is 7.05 Å². The van der Waals surface area contributed by atoms with E-state index in [4.69, 9.17) is 9.72 Å². The first-order valence-electron chi connectivity index (χ1n) is 9.44. The summed E-state index contributed by atoms with van der Waals surface area (Å²) in [5.41, 5.74) is 4.88. The zero-order valence-corrected chi connectivity index (χ0v) is 16.4. The Morgan fingerprint density at radius 2 is 2.07 bits per heavy atom. The van der Waals surface area contributed by atoms with E-state index in [1.165, 1.54) is 0 Å². The van der Waals surface area contributed by atoms with Gasteiger partial charge in [0.15, 0.2) is 0 Å². The number of methoxy groups -OCH3 is 1. The molecule has 1 aliphatic heterocycles. The molecule has 2 aromatic heterocycles. The van der Waals surface area contributed by atoms with Crippen LogP contribution in [0.15, 0.2) is 48.8 Å². The summed E-state index contributed by atoms with van der Waals surface area (Å²) in [5.74, 6) is 0.981. The molecule has 3 heterocycles. The van der Waals surface area contributed by atoms with Crippen LogP contribution in [-0.2, 0) is 7.05 Å². The van der Waals surface area contributed by atoms with E-state index in [0.717, 1.165) is 35.5 Å². The Morgan fingerprint density at radius 3 is 2.82 bits per heavy atom. The summed E-state index contributed by atoms with van der Waals surface area (Å²) in [6.45, 7) is 3.43. The maximum Gasteiger partial charge on any atom is 0.254 e. The van der Waals surface area contributed by atoms with Gasteiger partial charge in [-0.2, -0.15) is 5.10 Å². The number of pyridine rings is 1. The molecule has 1 amide bonds. The van der Waals surface area contributed by atoms with Crippen LogP contribution in [0.25, 0.3) is 11.1 Å². The van der Waals surface area contributed by atoms with Gasteiger partial charge in [0, 0.05) is 54.8 Å². The van der Waals surface area contributed by atoms with Crippen molar-refractivity contribution in [1.29, 1.82) is 0 Å². The van der Waals surface area contributed by atoms with E-state index >= 15 is 0 Å². The summed E-state index contributed by atoms with van der Waals surface area (Å²) in [6, 6.07) is 11.5. The molecule has 0 aliphatic carbocycles. The predicted octanol–water partition coefficient (Wildman–Crippen LogP) is 3.43. The van der Waals surface area contributed by atoms with E-state index in [2.05, 4.69) is 17.2 Å². The quantitative estimate of drug-likeness (QED) is 0.700. The van der Waals surface area contributed by atoms with Crippen LogP contribution in [-0.4, -0.2) is 45.8 Å². The number of ether oxygens (including phenoxy) is 1. The maximum atomic E-state index is 12.9. The maximum absolute atomic E-state index is 12.9. The SMILES string of the molecule is COc1cccc(C(=O)N2CCC(c3cc(-c4cnn(C)c4)cc(C)n3)C2)c1. The molecule has 1 aliphatic rings. The molecule has 1 aromatic carbocycles. The number of likely N-dealkylation sites (tertiary alicyclic amines) is 1. The second-order valence-electron chi connectivity index (χ2n) is 7.29. The molecule has 1 atom stereocenters. The van der Waals surface area contributed by atoms with Gasteiger partial charge in [-0.3, -0.25) is 14.5 Å². The zero-order valence-electron chi connectivity index (χ0n) is 16.4. The van der Waals surface area contributed by atoms with Crippen molar-refractivity contribution in [1.82, 2.24) is 19.7 Å².